The molecular formula is C24H30N4O7. The number of nitrogens with zero attached hydrogens (tertiary/aromatic N) is 2. The van der Waals surface area contributed by atoms with Crippen molar-refractivity contribution in [3.05, 3.63) is 35.4 Å². The number of fused-ring (bicyclic) bond motifs is 1. The molecule has 11 heteroatoms. The van der Waals surface area contributed by atoms with Crippen LogP contribution in [0.1, 0.15) is 61.3 Å². The molecule has 0 bridgehead atoms. The van der Waals surface area contributed by atoms with Crippen molar-refractivity contribution in [2.75, 3.05) is 6.73 Å². The molecule has 3 atom stereocenters. The van der Waals surface area contributed by atoms with E-state index in [0.29, 0.717) is 4.90 Å². The number of nitrogens with two attached hydrogens (primary N) is 1. The summed E-state index contributed by atoms with van der Waals surface area (Å²) in [6, 6.07) is 3.16. The number of hydrogen-bond donors (Lipinski definition) is 2. The van der Waals surface area contributed by atoms with Crippen LogP contribution in [0.4, 0.5) is 0 Å². The van der Waals surface area contributed by atoms with Crippen LogP contribution in [0, 0.1) is 11.8 Å². The molecule has 1 fully saturated rings. The minimum Gasteiger partial charge on any atom is -0.442 e. The van der Waals surface area contributed by atoms with Crippen molar-refractivity contribution in [1.82, 2.24) is 15.1 Å². The van der Waals surface area contributed by atoms with Gasteiger partial charge in [0, 0.05) is 6.42 Å². The van der Waals surface area contributed by atoms with E-state index in [-0.39, 0.29) is 35.8 Å². The SMILES string of the molecule is CC(C)C(N)C(=O)N[C@H](C(=O)OCN1C(=O)CC[C@H](N2C(=O)c3ccccc3C2=O)C1=O)C(C)C. The van der Waals surface area contributed by atoms with Gasteiger partial charge in [0.05, 0.1) is 17.2 Å². The van der Waals surface area contributed by atoms with Gasteiger partial charge in [0.15, 0.2) is 6.73 Å². The smallest absolute Gasteiger partial charge is 0.330 e. The number of rotatable bonds is 8. The summed E-state index contributed by atoms with van der Waals surface area (Å²) in [4.78, 5) is 77.7. The van der Waals surface area contributed by atoms with E-state index in [0.717, 1.165) is 4.90 Å². The lowest BCUT2D eigenvalue weighted by Gasteiger charge is -2.34. The first-order chi connectivity index (χ1) is 16.5. The number of carbonyl (C=O) groups is 6. The Balaban J connectivity index is 1.70. The molecule has 1 aromatic carbocycles. The average molecular weight is 487 g/mol. The van der Waals surface area contributed by atoms with Gasteiger partial charge in [-0.1, -0.05) is 39.8 Å². The van der Waals surface area contributed by atoms with Crippen LogP contribution in [0.15, 0.2) is 24.3 Å². The van der Waals surface area contributed by atoms with Gasteiger partial charge in [-0.2, -0.15) is 0 Å². The number of ether oxygens (including phenoxy) is 1. The molecule has 11 nitrogen and oxygen atoms in total. The Hall–Kier alpha value is -3.60. The van der Waals surface area contributed by atoms with E-state index in [1.54, 1.807) is 39.8 Å². The highest BCUT2D eigenvalue weighted by Crippen LogP contribution is 2.29. The van der Waals surface area contributed by atoms with Crippen LogP contribution >= 0.6 is 0 Å². The molecule has 1 saturated heterocycles. The third-order valence-electron chi connectivity index (χ3n) is 6.20. The molecule has 0 saturated carbocycles. The van der Waals surface area contributed by atoms with E-state index in [9.17, 15) is 28.8 Å². The Morgan fingerprint density at radius 1 is 1.03 bits per heavy atom. The van der Waals surface area contributed by atoms with Gasteiger partial charge in [-0.05, 0) is 30.4 Å². The molecule has 0 aromatic heterocycles. The quantitative estimate of drug-likeness (QED) is 0.396. The molecule has 35 heavy (non-hydrogen) atoms. The van der Waals surface area contributed by atoms with E-state index < -0.39 is 60.4 Å². The van der Waals surface area contributed by atoms with Crippen molar-refractivity contribution in [2.45, 2.75) is 58.7 Å². The number of imide groups is 2. The summed E-state index contributed by atoms with van der Waals surface area (Å²) in [5, 5.41) is 2.56. The Kier molecular flexibility index (Phi) is 7.69. The van der Waals surface area contributed by atoms with Crippen LogP contribution in [-0.4, -0.2) is 70.2 Å². The zero-order chi connectivity index (χ0) is 26.0. The standard InChI is InChI=1S/C24H30N4O7/c1-12(2)18(25)20(30)26-19(13(3)4)24(34)35-11-27-17(29)10-9-16(23(27)33)28-21(31)14-7-5-6-8-15(14)22(28)32/h5-8,12-13,16,18-19H,9-11,25H2,1-4H3,(H,26,30)/t16-,18?,19-/m0/s1. The first-order valence-corrected chi connectivity index (χ1v) is 11.5. The van der Waals surface area contributed by atoms with Crippen molar-refractivity contribution in [3.8, 4) is 0 Å². The molecule has 2 heterocycles. The molecule has 1 aromatic rings. The molecule has 0 spiro atoms. The molecule has 5 amide bonds. The lowest BCUT2D eigenvalue weighted by Crippen LogP contribution is -2.57. The fourth-order valence-electron chi connectivity index (χ4n) is 3.96. The highest BCUT2D eigenvalue weighted by Gasteiger charge is 2.47. The van der Waals surface area contributed by atoms with Gasteiger partial charge in [-0.3, -0.25) is 28.9 Å². The summed E-state index contributed by atoms with van der Waals surface area (Å²) < 4.78 is 5.21. The number of piperidine rings is 1. The molecule has 3 rings (SSSR count). The zero-order valence-electron chi connectivity index (χ0n) is 20.1. The minimum absolute atomic E-state index is 0.0225. The second-order valence-corrected chi connectivity index (χ2v) is 9.33. The number of esters is 1. The van der Waals surface area contributed by atoms with E-state index in [1.165, 1.54) is 12.1 Å². The number of amides is 5. The molecule has 2 aliphatic rings. The molecule has 3 N–H and O–H groups in total. The third-order valence-corrected chi connectivity index (χ3v) is 6.20. The fraction of sp³-hybridized carbons (Fsp3) is 0.500. The highest BCUT2D eigenvalue weighted by atomic mass is 16.5. The molecular weight excluding hydrogens is 456 g/mol. The Labute approximate surface area is 202 Å². The van der Waals surface area contributed by atoms with Crippen LogP contribution in [-0.2, 0) is 23.9 Å². The van der Waals surface area contributed by atoms with Crippen LogP contribution in [0.2, 0.25) is 0 Å². The van der Waals surface area contributed by atoms with Gasteiger partial charge >= 0.3 is 5.97 Å². The highest BCUT2D eigenvalue weighted by molar-refractivity contribution is 6.23. The minimum atomic E-state index is -1.19. The molecule has 1 unspecified atom stereocenters. The predicted molar refractivity (Wildman–Crippen MR) is 122 cm³/mol. The Morgan fingerprint density at radius 3 is 2.11 bits per heavy atom. The van der Waals surface area contributed by atoms with Crippen LogP contribution < -0.4 is 11.1 Å². The largest absolute Gasteiger partial charge is 0.442 e. The maximum absolute atomic E-state index is 13.1. The van der Waals surface area contributed by atoms with Crippen LogP contribution in [0.5, 0.6) is 0 Å². The van der Waals surface area contributed by atoms with Crippen LogP contribution in [0.25, 0.3) is 0 Å². The van der Waals surface area contributed by atoms with Crippen molar-refractivity contribution in [1.29, 1.82) is 0 Å². The summed E-state index contributed by atoms with van der Waals surface area (Å²) in [6.07, 6.45) is -0.139. The topological polar surface area (TPSA) is 156 Å². The number of benzene rings is 1. The normalized spacial score (nSPS) is 19.8. The van der Waals surface area contributed by atoms with Crippen LogP contribution in [0.3, 0.4) is 0 Å². The molecule has 2 aliphatic heterocycles. The number of likely N-dealkylation sites (tertiary alicyclic amines) is 1. The summed E-state index contributed by atoms with van der Waals surface area (Å²) in [7, 11) is 0. The van der Waals surface area contributed by atoms with Crippen molar-refractivity contribution >= 4 is 35.5 Å². The van der Waals surface area contributed by atoms with Crippen molar-refractivity contribution in [3.63, 3.8) is 0 Å². The Morgan fingerprint density at radius 2 is 1.60 bits per heavy atom. The van der Waals surface area contributed by atoms with Gasteiger partial charge in [-0.15, -0.1) is 0 Å². The van der Waals surface area contributed by atoms with E-state index >= 15 is 0 Å². The van der Waals surface area contributed by atoms with E-state index in [2.05, 4.69) is 5.32 Å². The maximum Gasteiger partial charge on any atom is 0.330 e. The van der Waals surface area contributed by atoms with Crippen molar-refractivity contribution < 1.29 is 33.5 Å². The summed E-state index contributed by atoms with van der Waals surface area (Å²) in [6.45, 7) is 6.23. The summed E-state index contributed by atoms with van der Waals surface area (Å²) in [5.74, 6) is -4.50. The zero-order valence-corrected chi connectivity index (χ0v) is 20.1. The van der Waals surface area contributed by atoms with E-state index in [1.807, 2.05) is 0 Å². The first-order valence-electron chi connectivity index (χ1n) is 11.5. The average Bonchev–Trinajstić information content (AvgIpc) is 3.06. The molecule has 188 valence electrons. The lowest BCUT2D eigenvalue weighted by atomic mass is 10.0. The Bertz CT molecular complexity index is 1030. The van der Waals surface area contributed by atoms with Gasteiger partial charge in [0.25, 0.3) is 17.7 Å². The van der Waals surface area contributed by atoms with E-state index in [4.69, 9.17) is 10.5 Å². The number of carbonyl (C=O) groups excluding carboxylic acids is 6. The summed E-state index contributed by atoms with van der Waals surface area (Å²) >= 11 is 0. The fourth-order valence-corrected chi connectivity index (χ4v) is 3.96. The number of nitrogens with one attached hydrogen (secondary N) is 1. The van der Waals surface area contributed by atoms with Gasteiger partial charge in [-0.25, -0.2) is 9.69 Å². The number of hydrogen-bond acceptors (Lipinski definition) is 8. The predicted octanol–water partition coefficient (Wildman–Crippen LogP) is 0.425. The van der Waals surface area contributed by atoms with Gasteiger partial charge in [0.2, 0.25) is 11.8 Å². The first kappa shape index (κ1) is 26.0. The van der Waals surface area contributed by atoms with Gasteiger partial charge < -0.3 is 15.8 Å². The third kappa shape index (κ3) is 5.09. The molecule has 0 radical (unpaired) electrons. The lowest BCUT2D eigenvalue weighted by molar-refractivity contribution is -0.166. The van der Waals surface area contributed by atoms with Gasteiger partial charge in [0.1, 0.15) is 12.1 Å². The monoisotopic (exact) mass is 486 g/mol. The maximum atomic E-state index is 13.1. The molecule has 0 aliphatic carbocycles. The van der Waals surface area contributed by atoms with Crippen molar-refractivity contribution in [2.24, 2.45) is 17.6 Å². The second-order valence-electron chi connectivity index (χ2n) is 9.33. The summed E-state index contributed by atoms with van der Waals surface area (Å²) in [5.41, 5.74) is 6.22. The second kappa shape index (κ2) is 10.3.